The van der Waals surface area contributed by atoms with Gasteiger partial charge in [-0.2, -0.15) is 0 Å². The van der Waals surface area contributed by atoms with Crippen LogP contribution in [0.3, 0.4) is 0 Å². The van der Waals surface area contributed by atoms with Crippen LogP contribution in [0.1, 0.15) is 45.8 Å². The molecule has 5 rings (SSSR count). The Labute approximate surface area is 226 Å². The number of pyridine rings is 1. The summed E-state index contributed by atoms with van der Waals surface area (Å²) in [6, 6.07) is 16.6. The van der Waals surface area contributed by atoms with Crippen LogP contribution in [-0.2, 0) is 11.3 Å². The molecular formula is C29H24F4N2O3S. The lowest BCUT2D eigenvalue weighted by molar-refractivity contribution is -0.274. The lowest BCUT2D eigenvalue weighted by Gasteiger charge is -2.26. The highest BCUT2D eigenvalue weighted by Gasteiger charge is 2.32. The summed E-state index contributed by atoms with van der Waals surface area (Å²) in [5.41, 5.74) is 2.08. The van der Waals surface area contributed by atoms with Crippen molar-refractivity contribution in [3.8, 4) is 5.75 Å². The van der Waals surface area contributed by atoms with E-state index in [0.29, 0.717) is 27.8 Å². The summed E-state index contributed by atoms with van der Waals surface area (Å²) in [5.74, 6) is -0.751. The van der Waals surface area contributed by atoms with Crippen LogP contribution in [0.4, 0.5) is 23.4 Å². The van der Waals surface area contributed by atoms with Gasteiger partial charge in [-0.05, 0) is 78.4 Å². The van der Waals surface area contributed by atoms with Gasteiger partial charge in [-0.1, -0.05) is 36.4 Å². The third-order valence-electron chi connectivity index (χ3n) is 6.39. The quantitative estimate of drug-likeness (QED) is 0.125. The average Bonchev–Trinajstić information content (AvgIpc) is 3.72. The van der Waals surface area contributed by atoms with Crippen LogP contribution >= 0.6 is 11.9 Å². The summed E-state index contributed by atoms with van der Waals surface area (Å²) in [6.45, 7) is 1.90. The lowest BCUT2D eigenvalue weighted by atomic mass is 10.0. The molecule has 10 heteroatoms. The summed E-state index contributed by atoms with van der Waals surface area (Å²) >= 11 is 1.24. The zero-order chi connectivity index (χ0) is 27.7. The number of rotatable bonds is 8. The van der Waals surface area contributed by atoms with E-state index in [4.69, 9.17) is 9.72 Å². The number of halogens is 4. The first kappa shape index (κ1) is 26.8. The first-order valence-corrected chi connectivity index (χ1v) is 13.0. The summed E-state index contributed by atoms with van der Waals surface area (Å²) in [7, 11) is 1.20. The first-order chi connectivity index (χ1) is 18.6. The van der Waals surface area contributed by atoms with E-state index in [1.165, 1.54) is 37.3 Å². The molecule has 1 aromatic heterocycles. The highest BCUT2D eigenvalue weighted by molar-refractivity contribution is 8.00. The van der Waals surface area contributed by atoms with Gasteiger partial charge in [-0.3, -0.25) is 4.31 Å². The number of alkyl halides is 3. The second kappa shape index (κ2) is 10.8. The Bertz CT molecular complexity index is 1500. The Morgan fingerprint density at radius 1 is 1.10 bits per heavy atom. The number of hydrogen-bond donors (Lipinski definition) is 0. The van der Waals surface area contributed by atoms with E-state index >= 15 is 0 Å². The number of aryl methyl sites for hydroxylation is 1. The minimum Gasteiger partial charge on any atom is -0.465 e. The van der Waals surface area contributed by atoms with Crippen molar-refractivity contribution < 1.29 is 31.8 Å². The molecule has 1 saturated carbocycles. The Morgan fingerprint density at radius 3 is 2.46 bits per heavy atom. The van der Waals surface area contributed by atoms with E-state index in [9.17, 15) is 22.4 Å². The highest BCUT2D eigenvalue weighted by Crippen LogP contribution is 2.48. The number of methoxy groups -OCH3 is 1. The standard InChI is InChI=1S/C29H24F4N2O3S/c1-17-13-22(14-24(30)25(17)28(36)37-2)39-35(16-18-7-11-21(12-8-18)38-29(31,32)33)27-26(19-9-10-19)23-6-4-3-5-20(23)15-34-27/h3-8,11-15,19H,9-10,16H2,1-2H3. The van der Waals surface area contributed by atoms with Gasteiger partial charge in [0, 0.05) is 22.0 Å². The van der Waals surface area contributed by atoms with Crippen LogP contribution in [0.15, 0.2) is 71.8 Å². The Morgan fingerprint density at radius 2 is 1.82 bits per heavy atom. The monoisotopic (exact) mass is 556 g/mol. The van der Waals surface area contributed by atoms with Gasteiger partial charge in [0.15, 0.2) is 0 Å². The van der Waals surface area contributed by atoms with Crippen LogP contribution in [0.5, 0.6) is 5.75 Å². The average molecular weight is 557 g/mol. The largest absolute Gasteiger partial charge is 0.573 e. The predicted octanol–water partition coefficient (Wildman–Crippen LogP) is 7.96. The maximum absolute atomic E-state index is 15.0. The Balaban J connectivity index is 1.55. The van der Waals surface area contributed by atoms with Crippen LogP contribution in [0, 0.1) is 12.7 Å². The van der Waals surface area contributed by atoms with Crippen molar-refractivity contribution in [2.45, 2.75) is 43.5 Å². The van der Waals surface area contributed by atoms with Crippen molar-refractivity contribution >= 4 is 34.5 Å². The summed E-state index contributed by atoms with van der Waals surface area (Å²) < 4.78 is 63.5. The number of esters is 1. The summed E-state index contributed by atoms with van der Waals surface area (Å²) in [4.78, 5) is 17.4. The molecule has 0 aliphatic heterocycles. The van der Waals surface area contributed by atoms with Gasteiger partial charge >= 0.3 is 12.3 Å². The first-order valence-electron chi connectivity index (χ1n) is 12.2. The van der Waals surface area contributed by atoms with Crippen LogP contribution in [0.2, 0.25) is 0 Å². The number of carbonyl (C=O) groups excluding carboxylic acids is 1. The van der Waals surface area contributed by atoms with Crippen molar-refractivity contribution in [1.29, 1.82) is 0 Å². The summed E-state index contributed by atoms with van der Waals surface area (Å²) in [5, 5.41) is 2.08. The normalized spacial score (nSPS) is 13.4. The molecular weight excluding hydrogens is 532 g/mol. The maximum Gasteiger partial charge on any atom is 0.573 e. The van der Waals surface area contributed by atoms with Crippen molar-refractivity contribution in [2.24, 2.45) is 0 Å². The van der Waals surface area contributed by atoms with Crippen LogP contribution in [0.25, 0.3) is 10.8 Å². The van der Waals surface area contributed by atoms with Gasteiger partial charge in [0.25, 0.3) is 0 Å². The molecule has 1 heterocycles. The lowest BCUT2D eigenvalue weighted by Crippen LogP contribution is -2.18. The van der Waals surface area contributed by atoms with E-state index in [2.05, 4.69) is 10.8 Å². The number of anilines is 1. The van der Waals surface area contributed by atoms with Crippen LogP contribution < -0.4 is 9.04 Å². The topological polar surface area (TPSA) is 51.7 Å². The molecule has 39 heavy (non-hydrogen) atoms. The minimum absolute atomic E-state index is 0.129. The van der Waals surface area contributed by atoms with E-state index in [1.807, 2.05) is 22.5 Å². The molecule has 1 fully saturated rings. The molecule has 4 aromatic rings. The number of ether oxygens (including phenoxy) is 2. The number of hydrogen-bond acceptors (Lipinski definition) is 6. The van der Waals surface area contributed by atoms with Crippen molar-refractivity contribution in [2.75, 3.05) is 11.4 Å². The summed E-state index contributed by atoms with van der Waals surface area (Å²) in [6.07, 6.45) is -0.953. The molecule has 0 atom stereocenters. The minimum atomic E-state index is -4.78. The van der Waals surface area contributed by atoms with E-state index < -0.39 is 18.1 Å². The molecule has 202 valence electrons. The molecule has 0 bridgehead atoms. The van der Waals surface area contributed by atoms with Gasteiger partial charge in [0.1, 0.15) is 17.4 Å². The second-order valence-electron chi connectivity index (χ2n) is 9.27. The number of fused-ring (bicyclic) bond motifs is 1. The smallest absolute Gasteiger partial charge is 0.465 e. The third kappa shape index (κ3) is 6.11. The molecule has 0 spiro atoms. The SMILES string of the molecule is COC(=O)c1c(C)cc(SN(Cc2ccc(OC(F)(F)F)cc2)c2ncc3ccccc3c2C2CC2)cc1F. The van der Waals surface area contributed by atoms with Crippen molar-refractivity contribution in [3.05, 3.63) is 94.9 Å². The van der Waals surface area contributed by atoms with E-state index in [0.717, 1.165) is 29.2 Å². The Kier molecular flexibility index (Phi) is 7.40. The molecule has 1 aliphatic rings. The zero-order valence-corrected chi connectivity index (χ0v) is 21.9. The zero-order valence-electron chi connectivity index (χ0n) is 21.1. The molecule has 0 unspecified atom stereocenters. The fourth-order valence-corrected chi connectivity index (χ4v) is 5.60. The van der Waals surface area contributed by atoms with Gasteiger partial charge in [-0.25, -0.2) is 14.2 Å². The van der Waals surface area contributed by atoms with E-state index in [1.54, 1.807) is 31.3 Å². The molecule has 0 amide bonds. The highest BCUT2D eigenvalue weighted by atomic mass is 32.2. The van der Waals surface area contributed by atoms with Crippen molar-refractivity contribution in [1.82, 2.24) is 4.98 Å². The van der Waals surface area contributed by atoms with Crippen molar-refractivity contribution in [3.63, 3.8) is 0 Å². The fraction of sp³-hybridized carbons (Fsp3) is 0.241. The van der Waals surface area contributed by atoms with Gasteiger partial charge in [0.2, 0.25) is 0 Å². The van der Waals surface area contributed by atoms with Gasteiger partial charge in [-0.15, -0.1) is 13.2 Å². The molecule has 0 saturated heterocycles. The van der Waals surface area contributed by atoms with Gasteiger partial charge in [0.05, 0.1) is 19.2 Å². The number of benzene rings is 3. The molecule has 3 aromatic carbocycles. The number of nitrogens with zero attached hydrogens (tertiary/aromatic N) is 2. The number of aromatic nitrogens is 1. The fourth-order valence-electron chi connectivity index (χ4n) is 4.51. The second-order valence-corrected chi connectivity index (χ2v) is 10.4. The molecule has 5 nitrogen and oxygen atoms in total. The van der Waals surface area contributed by atoms with Gasteiger partial charge < -0.3 is 9.47 Å². The number of carbonyl (C=O) groups is 1. The molecule has 0 N–H and O–H groups in total. The maximum atomic E-state index is 15.0. The Hall–Kier alpha value is -3.79. The predicted molar refractivity (Wildman–Crippen MR) is 141 cm³/mol. The van der Waals surface area contributed by atoms with E-state index in [-0.39, 0.29) is 17.9 Å². The van der Waals surface area contributed by atoms with Crippen LogP contribution in [-0.4, -0.2) is 24.4 Å². The third-order valence-corrected chi connectivity index (χ3v) is 7.36. The molecule has 1 aliphatic carbocycles. The molecule has 0 radical (unpaired) electrons.